The Labute approximate surface area is 309 Å². The minimum atomic E-state index is -1.24. The maximum Gasteiger partial charge on any atom is 0.255 e. The zero-order valence-corrected chi connectivity index (χ0v) is 29.6. The number of fused-ring (bicyclic) bond motifs is 1. The van der Waals surface area contributed by atoms with Gasteiger partial charge in [-0.3, -0.25) is 14.9 Å². The minimum Gasteiger partial charge on any atom is -0.389 e. The Morgan fingerprint density at radius 1 is 0.849 bits per heavy atom. The molecule has 0 spiro atoms. The summed E-state index contributed by atoms with van der Waals surface area (Å²) in [5.41, 5.74) is 4.74. The van der Waals surface area contributed by atoms with Crippen LogP contribution in [0.4, 0.5) is 4.39 Å². The van der Waals surface area contributed by atoms with Gasteiger partial charge in [-0.1, -0.05) is 109 Å². The number of aliphatic hydroxyl groups is 1. The second-order valence-electron chi connectivity index (χ2n) is 14.2. The lowest BCUT2D eigenvalue weighted by Gasteiger charge is -2.52. The Bertz CT molecular complexity index is 2270. The first-order valence-electron chi connectivity index (χ1n) is 18.2. The van der Waals surface area contributed by atoms with Crippen LogP contribution < -0.4 is 0 Å². The summed E-state index contributed by atoms with van der Waals surface area (Å²) >= 11 is 0. The number of halogens is 1. The van der Waals surface area contributed by atoms with Crippen LogP contribution in [-0.2, 0) is 12.0 Å². The lowest BCUT2D eigenvalue weighted by Crippen LogP contribution is -2.59. The Morgan fingerprint density at radius 2 is 1.47 bits per heavy atom. The van der Waals surface area contributed by atoms with Crippen LogP contribution in [0.25, 0.3) is 22.2 Å². The molecule has 264 valence electrons. The summed E-state index contributed by atoms with van der Waals surface area (Å²) in [5.74, 6) is -0.515. The van der Waals surface area contributed by atoms with Crippen LogP contribution in [0.3, 0.4) is 0 Å². The molecule has 2 heterocycles. The minimum absolute atomic E-state index is 0.156. The summed E-state index contributed by atoms with van der Waals surface area (Å²) in [5, 5.41) is 21.0. The predicted molar refractivity (Wildman–Crippen MR) is 207 cm³/mol. The number of rotatable bonds is 9. The Kier molecular flexibility index (Phi) is 9.19. The van der Waals surface area contributed by atoms with Crippen molar-refractivity contribution in [1.82, 2.24) is 20.1 Å². The maximum atomic E-state index is 15.8. The van der Waals surface area contributed by atoms with Gasteiger partial charge in [-0.2, -0.15) is 5.10 Å². The van der Waals surface area contributed by atoms with Crippen LogP contribution in [0.2, 0.25) is 0 Å². The summed E-state index contributed by atoms with van der Waals surface area (Å²) in [6.07, 6.45) is 4.03. The number of nitrogens with zero attached hydrogens (tertiary/aromatic N) is 3. The monoisotopic (exact) mass is 700 g/mol. The van der Waals surface area contributed by atoms with Gasteiger partial charge in [-0.15, -0.1) is 0 Å². The first kappa shape index (κ1) is 34.2. The molecule has 0 saturated heterocycles. The molecule has 8 rings (SSSR count). The predicted octanol–water partition coefficient (Wildman–Crippen LogP) is 9.42. The zero-order chi connectivity index (χ0) is 36.4. The molecule has 2 unspecified atom stereocenters. The molecular weight excluding hydrogens is 660 g/mol. The van der Waals surface area contributed by atoms with Gasteiger partial charge in [0.25, 0.3) is 5.91 Å². The van der Waals surface area contributed by atoms with E-state index in [1.807, 2.05) is 96.8 Å². The SMILES string of the molecule is Cc1cc(-c2n[nH]c3ccc(C(=O)N(C4CCCC(O)(Cc5ccccc5F)C4)C(c4ccccc4)(c4ccccc4)c4ccccc4)cc23)ccn1. The van der Waals surface area contributed by atoms with Gasteiger partial charge >= 0.3 is 0 Å². The summed E-state index contributed by atoms with van der Waals surface area (Å²) in [7, 11) is 0. The van der Waals surface area contributed by atoms with E-state index in [2.05, 4.69) is 51.6 Å². The van der Waals surface area contributed by atoms with Gasteiger partial charge in [-0.25, -0.2) is 4.39 Å². The number of amides is 1. The smallest absolute Gasteiger partial charge is 0.255 e. The molecule has 6 nitrogen and oxygen atoms in total. The van der Waals surface area contributed by atoms with Crippen LogP contribution in [0.1, 0.15) is 64.0 Å². The number of aromatic nitrogens is 3. The van der Waals surface area contributed by atoms with Gasteiger partial charge < -0.3 is 10.0 Å². The topological polar surface area (TPSA) is 82.1 Å². The van der Waals surface area contributed by atoms with Crippen LogP contribution in [0, 0.1) is 12.7 Å². The van der Waals surface area contributed by atoms with Crippen molar-refractivity contribution in [3.63, 3.8) is 0 Å². The van der Waals surface area contributed by atoms with Crippen molar-refractivity contribution >= 4 is 16.8 Å². The first-order chi connectivity index (χ1) is 25.9. The fourth-order valence-corrected chi connectivity index (χ4v) is 8.43. The molecule has 0 bridgehead atoms. The fraction of sp³-hybridized carbons (Fsp3) is 0.196. The van der Waals surface area contributed by atoms with E-state index in [1.165, 1.54) is 6.07 Å². The number of carbonyl (C=O) groups excluding carboxylic acids is 1. The van der Waals surface area contributed by atoms with E-state index in [0.29, 0.717) is 30.4 Å². The molecule has 1 saturated carbocycles. The van der Waals surface area contributed by atoms with Crippen LogP contribution in [0.15, 0.2) is 152 Å². The molecule has 7 heteroatoms. The van der Waals surface area contributed by atoms with Crippen molar-refractivity contribution in [2.24, 2.45) is 0 Å². The number of hydrogen-bond donors (Lipinski definition) is 2. The molecule has 2 N–H and O–H groups in total. The highest BCUT2D eigenvalue weighted by Gasteiger charge is 2.50. The lowest BCUT2D eigenvalue weighted by atomic mass is 9.71. The van der Waals surface area contributed by atoms with Gasteiger partial charge in [0.15, 0.2) is 0 Å². The van der Waals surface area contributed by atoms with E-state index in [1.54, 1.807) is 24.4 Å². The van der Waals surface area contributed by atoms with Crippen LogP contribution in [-0.4, -0.2) is 42.7 Å². The molecule has 1 fully saturated rings. The lowest BCUT2D eigenvalue weighted by molar-refractivity contribution is -0.0386. The average Bonchev–Trinajstić information content (AvgIpc) is 3.62. The third-order valence-electron chi connectivity index (χ3n) is 10.8. The Balaban J connectivity index is 1.35. The molecule has 2 atom stereocenters. The van der Waals surface area contributed by atoms with Crippen molar-refractivity contribution in [1.29, 1.82) is 0 Å². The number of H-pyrrole nitrogens is 1. The van der Waals surface area contributed by atoms with Gasteiger partial charge in [0.1, 0.15) is 17.1 Å². The second-order valence-corrected chi connectivity index (χ2v) is 14.2. The first-order valence-corrected chi connectivity index (χ1v) is 18.2. The van der Waals surface area contributed by atoms with E-state index in [4.69, 9.17) is 0 Å². The fourth-order valence-electron chi connectivity index (χ4n) is 8.43. The van der Waals surface area contributed by atoms with Crippen molar-refractivity contribution in [3.05, 3.63) is 191 Å². The molecule has 1 aliphatic carbocycles. The Hall–Kier alpha value is -5.92. The molecule has 0 radical (unpaired) electrons. The highest BCUT2D eigenvalue weighted by molar-refractivity contribution is 6.02. The Morgan fingerprint density at radius 3 is 2.09 bits per heavy atom. The molecule has 1 aliphatic rings. The van der Waals surface area contributed by atoms with Gasteiger partial charge in [0.05, 0.1) is 11.1 Å². The van der Waals surface area contributed by atoms with Gasteiger partial charge in [0, 0.05) is 40.9 Å². The summed E-state index contributed by atoms with van der Waals surface area (Å²) < 4.78 is 15.1. The molecule has 2 aromatic heterocycles. The molecule has 5 aromatic carbocycles. The molecule has 53 heavy (non-hydrogen) atoms. The number of pyridine rings is 1. The third kappa shape index (κ3) is 6.42. The molecule has 7 aromatic rings. The van der Waals surface area contributed by atoms with Crippen molar-refractivity contribution in [2.75, 3.05) is 0 Å². The zero-order valence-electron chi connectivity index (χ0n) is 29.6. The standard InChI is InChI=1S/C46H41FN4O2/c1-32-28-33(25-27-48-32)43-40-29-34(23-24-42(40)49-50-43)44(52)51(39-21-13-26-45(53,31-39)30-35-14-11-12-22-41(35)47)46(36-15-5-2-6-16-36,37-17-7-3-8-18-37)38-19-9-4-10-20-38/h2-12,14-20,22-25,27-29,39,53H,13,21,26,30-31H2,1H3,(H,49,50). The number of aromatic amines is 1. The summed E-state index contributed by atoms with van der Waals surface area (Å²) in [6.45, 7) is 1.94. The van der Waals surface area contributed by atoms with Crippen LogP contribution in [0.5, 0.6) is 0 Å². The number of carbonyl (C=O) groups is 1. The largest absolute Gasteiger partial charge is 0.389 e. The quantitative estimate of drug-likeness (QED) is 0.147. The number of nitrogens with one attached hydrogen (secondary N) is 1. The summed E-state index contributed by atoms with van der Waals surface area (Å²) in [6, 6.07) is 46.3. The van der Waals surface area contributed by atoms with Crippen molar-refractivity contribution in [3.8, 4) is 11.3 Å². The van der Waals surface area contributed by atoms with E-state index in [-0.39, 0.29) is 24.6 Å². The van der Waals surface area contributed by atoms with Gasteiger partial charge in [0.2, 0.25) is 0 Å². The number of benzene rings is 5. The molecule has 0 aliphatic heterocycles. The highest BCUT2D eigenvalue weighted by Crippen LogP contribution is 2.48. The van der Waals surface area contributed by atoms with Crippen molar-refractivity contribution in [2.45, 2.75) is 56.2 Å². The number of aryl methyl sites for hydroxylation is 1. The molecular formula is C46H41FN4O2. The normalized spacial score (nSPS) is 17.5. The number of hydrogen-bond acceptors (Lipinski definition) is 4. The van der Waals surface area contributed by atoms with Crippen LogP contribution >= 0.6 is 0 Å². The van der Waals surface area contributed by atoms with E-state index in [0.717, 1.165) is 44.5 Å². The highest BCUT2D eigenvalue weighted by atomic mass is 19.1. The van der Waals surface area contributed by atoms with Crippen molar-refractivity contribution < 1.29 is 14.3 Å². The van der Waals surface area contributed by atoms with E-state index >= 15 is 9.18 Å². The maximum absolute atomic E-state index is 15.8. The molecule has 1 amide bonds. The second kappa shape index (κ2) is 14.2. The van der Waals surface area contributed by atoms with E-state index < -0.39 is 17.2 Å². The van der Waals surface area contributed by atoms with Gasteiger partial charge in [-0.05, 0) is 91.3 Å². The average molecular weight is 701 g/mol. The summed E-state index contributed by atoms with van der Waals surface area (Å²) in [4.78, 5) is 22.2. The van der Waals surface area contributed by atoms with E-state index in [9.17, 15) is 5.11 Å². The third-order valence-corrected chi connectivity index (χ3v) is 10.8.